The molecule has 2 saturated heterocycles. The summed E-state index contributed by atoms with van der Waals surface area (Å²) in [5.74, 6) is 0.519. The Morgan fingerprint density at radius 1 is 1.33 bits per heavy atom. The molecule has 0 bridgehead atoms. The fourth-order valence-corrected chi connectivity index (χ4v) is 1.96. The summed E-state index contributed by atoms with van der Waals surface area (Å²) in [7, 11) is 0. The number of hydrogen-bond donors (Lipinski definition) is 2. The molecular formula is C9H18N2O. The van der Waals surface area contributed by atoms with E-state index < -0.39 is 0 Å². The smallest absolute Gasteiger partial charge is 0.0719 e. The van der Waals surface area contributed by atoms with E-state index in [9.17, 15) is 5.11 Å². The summed E-state index contributed by atoms with van der Waals surface area (Å²) < 4.78 is 0. The van der Waals surface area contributed by atoms with Gasteiger partial charge in [0, 0.05) is 25.6 Å². The Morgan fingerprint density at radius 2 is 2.00 bits per heavy atom. The van der Waals surface area contributed by atoms with Crippen LogP contribution in [-0.4, -0.2) is 48.8 Å². The van der Waals surface area contributed by atoms with Gasteiger partial charge in [-0.3, -0.25) is 0 Å². The zero-order chi connectivity index (χ0) is 8.39. The maximum atomic E-state index is 9.75. The van der Waals surface area contributed by atoms with Crippen LogP contribution < -0.4 is 5.32 Å². The molecule has 3 heteroatoms. The molecule has 70 valence electrons. The first-order chi connectivity index (χ1) is 5.86. The van der Waals surface area contributed by atoms with E-state index in [1.807, 2.05) is 0 Å². The molecule has 2 fully saturated rings. The van der Waals surface area contributed by atoms with Crippen LogP contribution in [0.3, 0.4) is 0 Å². The van der Waals surface area contributed by atoms with Crippen LogP contribution in [0.4, 0.5) is 0 Å². The average molecular weight is 170 g/mol. The van der Waals surface area contributed by atoms with E-state index in [0.717, 1.165) is 19.6 Å². The number of aliphatic hydroxyl groups is 1. The Hall–Kier alpha value is -0.120. The predicted molar refractivity (Wildman–Crippen MR) is 48.0 cm³/mol. The van der Waals surface area contributed by atoms with E-state index in [1.54, 1.807) is 0 Å². The number of β-amino-alcohol motifs (C(OH)–C–C–N with tert-alkyl or cyclic N) is 1. The second-order valence-corrected chi connectivity index (χ2v) is 3.99. The molecule has 0 aromatic rings. The minimum Gasteiger partial charge on any atom is -0.391 e. The molecule has 0 aromatic heterocycles. The molecule has 1 atom stereocenters. The van der Waals surface area contributed by atoms with E-state index in [4.69, 9.17) is 0 Å². The number of nitrogens with zero attached hydrogens (tertiary/aromatic N) is 1. The van der Waals surface area contributed by atoms with Gasteiger partial charge in [0.15, 0.2) is 0 Å². The lowest BCUT2D eigenvalue weighted by Crippen LogP contribution is -2.51. The molecule has 2 aliphatic heterocycles. The van der Waals surface area contributed by atoms with Crippen molar-refractivity contribution in [3.8, 4) is 0 Å². The maximum absolute atomic E-state index is 9.75. The number of hydrogen-bond acceptors (Lipinski definition) is 3. The van der Waals surface area contributed by atoms with E-state index in [-0.39, 0.29) is 6.10 Å². The second kappa shape index (κ2) is 3.73. The number of nitrogens with one attached hydrogen (secondary N) is 1. The SMILES string of the molecule is OC(CN1CCCC1)C1CNC1. The molecule has 2 heterocycles. The van der Waals surface area contributed by atoms with Gasteiger partial charge in [-0.2, -0.15) is 0 Å². The molecule has 0 aliphatic carbocycles. The van der Waals surface area contributed by atoms with Crippen LogP contribution in [0.15, 0.2) is 0 Å². The molecule has 1 unspecified atom stereocenters. The highest BCUT2D eigenvalue weighted by atomic mass is 16.3. The lowest BCUT2D eigenvalue weighted by Gasteiger charge is -2.33. The van der Waals surface area contributed by atoms with E-state index in [0.29, 0.717) is 5.92 Å². The van der Waals surface area contributed by atoms with Crippen LogP contribution in [0.1, 0.15) is 12.8 Å². The third-order valence-electron chi connectivity index (χ3n) is 3.00. The summed E-state index contributed by atoms with van der Waals surface area (Å²) in [6.45, 7) is 5.30. The zero-order valence-electron chi connectivity index (χ0n) is 7.50. The van der Waals surface area contributed by atoms with Gasteiger partial charge in [0.25, 0.3) is 0 Å². The van der Waals surface area contributed by atoms with Crippen molar-refractivity contribution in [2.45, 2.75) is 18.9 Å². The lowest BCUT2D eigenvalue weighted by atomic mass is 9.96. The highest BCUT2D eigenvalue weighted by Crippen LogP contribution is 2.13. The minimum absolute atomic E-state index is 0.0932. The van der Waals surface area contributed by atoms with Crippen molar-refractivity contribution in [2.24, 2.45) is 5.92 Å². The van der Waals surface area contributed by atoms with Crippen LogP contribution in [-0.2, 0) is 0 Å². The van der Waals surface area contributed by atoms with Gasteiger partial charge < -0.3 is 15.3 Å². The molecule has 0 aromatic carbocycles. The first-order valence-electron chi connectivity index (χ1n) is 4.97. The lowest BCUT2D eigenvalue weighted by molar-refractivity contribution is 0.0480. The van der Waals surface area contributed by atoms with Crippen molar-refractivity contribution in [1.29, 1.82) is 0 Å². The summed E-state index contributed by atoms with van der Waals surface area (Å²) in [4.78, 5) is 2.38. The Labute approximate surface area is 73.8 Å². The molecule has 2 N–H and O–H groups in total. The quantitative estimate of drug-likeness (QED) is 0.608. The molecule has 0 amide bonds. The molecule has 0 radical (unpaired) electrons. The average Bonchev–Trinajstić information content (AvgIpc) is 2.34. The molecule has 0 saturated carbocycles. The molecule has 2 aliphatic rings. The van der Waals surface area contributed by atoms with Crippen molar-refractivity contribution >= 4 is 0 Å². The molecule has 2 rings (SSSR count). The summed E-state index contributed by atoms with van der Waals surface area (Å²) >= 11 is 0. The van der Waals surface area contributed by atoms with Crippen LogP contribution in [0.2, 0.25) is 0 Å². The standard InChI is InChI=1S/C9H18N2O/c12-9(8-5-10-6-8)7-11-3-1-2-4-11/h8-10,12H,1-7H2. The van der Waals surface area contributed by atoms with Gasteiger partial charge in [0.1, 0.15) is 0 Å². The van der Waals surface area contributed by atoms with Gasteiger partial charge in [0.05, 0.1) is 6.10 Å². The number of rotatable bonds is 3. The van der Waals surface area contributed by atoms with Crippen LogP contribution in [0, 0.1) is 5.92 Å². The van der Waals surface area contributed by atoms with Gasteiger partial charge in [-0.05, 0) is 25.9 Å². The Kier molecular flexibility index (Phi) is 2.63. The number of aliphatic hydroxyl groups excluding tert-OH is 1. The van der Waals surface area contributed by atoms with Gasteiger partial charge in [-0.15, -0.1) is 0 Å². The topological polar surface area (TPSA) is 35.5 Å². The van der Waals surface area contributed by atoms with Gasteiger partial charge in [-0.1, -0.05) is 0 Å². The van der Waals surface area contributed by atoms with Crippen molar-refractivity contribution in [2.75, 3.05) is 32.7 Å². The summed E-state index contributed by atoms with van der Waals surface area (Å²) in [6, 6.07) is 0. The second-order valence-electron chi connectivity index (χ2n) is 3.99. The molecule has 0 spiro atoms. The van der Waals surface area contributed by atoms with E-state index in [2.05, 4.69) is 10.2 Å². The van der Waals surface area contributed by atoms with E-state index in [1.165, 1.54) is 25.9 Å². The fourth-order valence-electron chi connectivity index (χ4n) is 1.96. The first kappa shape index (κ1) is 8.48. The minimum atomic E-state index is -0.0932. The largest absolute Gasteiger partial charge is 0.391 e. The Balaban J connectivity index is 1.69. The molecular weight excluding hydrogens is 152 g/mol. The predicted octanol–water partition coefficient (Wildman–Crippen LogP) is -0.337. The number of likely N-dealkylation sites (tertiary alicyclic amines) is 1. The van der Waals surface area contributed by atoms with Gasteiger partial charge in [-0.25, -0.2) is 0 Å². The Bertz CT molecular complexity index is 141. The fraction of sp³-hybridized carbons (Fsp3) is 1.00. The van der Waals surface area contributed by atoms with Gasteiger partial charge in [0.2, 0.25) is 0 Å². The van der Waals surface area contributed by atoms with Crippen LogP contribution in [0.25, 0.3) is 0 Å². The normalized spacial score (nSPS) is 28.8. The molecule has 12 heavy (non-hydrogen) atoms. The van der Waals surface area contributed by atoms with Crippen LogP contribution in [0.5, 0.6) is 0 Å². The first-order valence-corrected chi connectivity index (χ1v) is 4.97. The van der Waals surface area contributed by atoms with Crippen molar-refractivity contribution < 1.29 is 5.11 Å². The zero-order valence-corrected chi connectivity index (χ0v) is 7.50. The third-order valence-corrected chi connectivity index (χ3v) is 3.00. The van der Waals surface area contributed by atoms with Crippen molar-refractivity contribution in [3.63, 3.8) is 0 Å². The van der Waals surface area contributed by atoms with Crippen molar-refractivity contribution in [1.82, 2.24) is 10.2 Å². The van der Waals surface area contributed by atoms with E-state index >= 15 is 0 Å². The summed E-state index contributed by atoms with van der Waals surface area (Å²) in [5.41, 5.74) is 0. The molecule has 3 nitrogen and oxygen atoms in total. The van der Waals surface area contributed by atoms with Gasteiger partial charge >= 0.3 is 0 Å². The summed E-state index contributed by atoms with van der Waals surface area (Å²) in [6.07, 6.45) is 2.54. The van der Waals surface area contributed by atoms with Crippen LogP contribution >= 0.6 is 0 Å². The Morgan fingerprint density at radius 3 is 2.50 bits per heavy atom. The maximum Gasteiger partial charge on any atom is 0.0719 e. The summed E-state index contributed by atoms with van der Waals surface area (Å²) in [5, 5.41) is 12.9. The monoisotopic (exact) mass is 170 g/mol. The van der Waals surface area contributed by atoms with Crippen molar-refractivity contribution in [3.05, 3.63) is 0 Å². The highest BCUT2D eigenvalue weighted by molar-refractivity contribution is 4.83. The highest BCUT2D eigenvalue weighted by Gasteiger charge is 2.27. The third kappa shape index (κ3) is 1.79.